The van der Waals surface area contributed by atoms with Crippen LogP contribution in [0.25, 0.3) is 0 Å². The van der Waals surface area contributed by atoms with E-state index in [-0.39, 0.29) is 11.0 Å². The highest BCUT2D eigenvalue weighted by atomic mass is 16.5. The number of aliphatic carboxylic acids is 1. The van der Waals surface area contributed by atoms with E-state index in [2.05, 4.69) is 20.8 Å². The third-order valence-electron chi connectivity index (χ3n) is 3.76. The van der Waals surface area contributed by atoms with Gasteiger partial charge in [0.1, 0.15) is 0 Å². The van der Waals surface area contributed by atoms with Crippen molar-refractivity contribution in [3.63, 3.8) is 0 Å². The number of hydrogen-bond donors (Lipinski definition) is 1. The number of rotatable bonds is 6. The van der Waals surface area contributed by atoms with Crippen molar-refractivity contribution in [3.8, 4) is 0 Å². The van der Waals surface area contributed by atoms with Crippen molar-refractivity contribution in [3.05, 3.63) is 0 Å². The largest absolute Gasteiger partial charge is 0.481 e. The van der Waals surface area contributed by atoms with Crippen LogP contribution >= 0.6 is 0 Å². The van der Waals surface area contributed by atoms with Gasteiger partial charge in [-0.15, -0.1) is 0 Å². The van der Waals surface area contributed by atoms with Crippen molar-refractivity contribution in [1.82, 2.24) is 0 Å². The van der Waals surface area contributed by atoms with Crippen LogP contribution in [-0.4, -0.2) is 23.3 Å². The minimum atomic E-state index is -0.667. The van der Waals surface area contributed by atoms with Crippen LogP contribution in [0.15, 0.2) is 0 Å². The Labute approximate surface area is 105 Å². The summed E-state index contributed by atoms with van der Waals surface area (Å²) in [5.41, 5.74) is -0.206. The lowest BCUT2D eigenvalue weighted by Gasteiger charge is -2.44. The van der Waals surface area contributed by atoms with Gasteiger partial charge < -0.3 is 9.84 Å². The lowest BCUT2D eigenvalue weighted by molar-refractivity contribution is -0.148. The molecule has 1 aliphatic rings. The van der Waals surface area contributed by atoms with Crippen LogP contribution < -0.4 is 0 Å². The Morgan fingerprint density at radius 1 is 1.35 bits per heavy atom. The third-order valence-corrected chi connectivity index (χ3v) is 3.76. The Kier molecular flexibility index (Phi) is 4.99. The molecule has 0 aromatic rings. The van der Waals surface area contributed by atoms with E-state index in [4.69, 9.17) is 9.84 Å². The maximum Gasteiger partial charge on any atom is 0.303 e. The van der Waals surface area contributed by atoms with Crippen molar-refractivity contribution in [2.45, 2.75) is 71.3 Å². The standard InChI is InChI=1S/C14H26O3/c1-4-5-6-7-14(10-12(15)16)8-9-17-13(2,3)11-14/h4-11H2,1-3H3,(H,15,16)/t14-/m1/s1. The topological polar surface area (TPSA) is 46.5 Å². The molecule has 0 aromatic heterocycles. The van der Waals surface area contributed by atoms with Crippen LogP contribution in [0.3, 0.4) is 0 Å². The lowest BCUT2D eigenvalue weighted by Crippen LogP contribution is -2.42. The van der Waals surface area contributed by atoms with Gasteiger partial charge in [0, 0.05) is 6.61 Å². The molecule has 0 aliphatic carbocycles. The maximum absolute atomic E-state index is 11.1. The average Bonchev–Trinajstić information content (AvgIpc) is 2.14. The van der Waals surface area contributed by atoms with Gasteiger partial charge in [-0.3, -0.25) is 4.79 Å². The zero-order valence-corrected chi connectivity index (χ0v) is 11.4. The fourth-order valence-electron chi connectivity index (χ4n) is 3.11. The third kappa shape index (κ3) is 4.66. The van der Waals surface area contributed by atoms with Gasteiger partial charge in [0.15, 0.2) is 0 Å². The summed E-state index contributed by atoms with van der Waals surface area (Å²) in [7, 11) is 0. The smallest absolute Gasteiger partial charge is 0.303 e. The summed E-state index contributed by atoms with van der Waals surface area (Å²) in [6, 6.07) is 0. The average molecular weight is 242 g/mol. The Hall–Kier alpha value is -0.570. The fourth-order valence-corrected chi connectivity index (χ4v) is 3.11. The zero-order valence-electron chi connectivity index (χ0n) is 11.4. The van der Waals surface area contributed by atoms with Crippen molar-refractivity contribution in [2.75, 3.05) is 6.61 Å². The number of hydrogen-bond acceptors (Lipinski definition) is 2. The molecule has 0 saturated carbocycles. The summed E-state index contributed by atoms with van der Waals surface area (Å²) in [4.78, 5) is 11.1. The van der Waals surface area contributed by atoms with Crippen LogP contribution in [0.4, 0.5) is 0 Å². The Morgan fingerprint density at radius 3 is 2.59 bits per heavy atom. The molecule has 100 valence electrons. The number of ether oxygens (including phenoxy) is 1. The van der Waals surface area contributed by atoms with Crippen LogP contribution in [0.2, 0.25) is 0 Å². The van der Waals surface area contributed by atoms with Crippen molar-refractivity contribution in [2.24, 2.45) is 5.41 Å². The molecule has 0 unspecified atom stereocenters. The molecular formula is C14H26O3. The van der Waals surface area contributed by atoms with Gasteiger partial charge >= 0.3 is 5.97 Å². The van der Waals surface area contributed by atoms with Crippen molar-refractivity contribution < 1.29 is 14.6 Å². The summed E-state index contributed by atoms with van der Waals surface area (Å²) in [6.07, 6.45) is 6.61. The Bertz CT molecular complexity index is 260. The first-order chi connectivity index (χ1) is 7.89. The van der Waals surface area contributed by atoms with Crippen LogP contribution in [0, 0.1) is 5.41 Å². The van der Waals surface area contributed by atoms with E-state index < -0.39 is 5.97 Å². The maximum atomic E-state index is 11.1. The molecule has 0 amide bonds. The molecule has 17 heavy (non-hydrogen) atoms. The van der Waals surface area contributed by atoms with E-state index in [1.807, 2.05) is 0 Å². The summed E-state index contributed by atoms with van der Waals surface area (Å²) >= 11 is 0. The first-order valence-electron chi connectivity index (χ1n) is 6.75. The predicted molar refractivity (Wildman–Crippen MR) is 68.1 cm³/mol. The highest BCUT2D eigenvalue weighted by Gasteiger charge is 2.41. The zero-order chi connectivity index (χ0) is 12.9. The normalized spacial score (nSPS) is 27.9. The summed E-state index contributed by atoms with van der Waals surface area (Å²) in [5.74, 6) is -0.667. The second-order valence-corrected chi connectivity index (χ2v) is 6.06. The SMILES string of the molecule is CCCCC[C@]1(CC(=O)O)CCOC(C)(C)C1. The molecule has 3 heteroatoms. The van der Waals surface area contributed by atoms with Crippen LogP contribution in [0.1, 0.15) is 65.7 Å². The van der Waals surface area contributed by atoms with Gasteiger partial charge in [-0.25, -0.2) is 0 Å². The van der Waals surface area contributed by atoms with Gasteiger partial charge in [0.05, 0.1) is 12.0 Å². The van der Waals surface area contributed by atoms with Crippen LogP contribution in [-0.2, 0) is 9.53 Å². The second kappa shape index (κ2) is 5.85. The van der Waals surface area contributed by atoms with E-state index in [1.165, 1.54) is 12.8 Å². The first-order valence-corrected chi connectivity index (χ1v) is 6.75. The van der Waals surface area contributed by atoms with E-state index >= 15 is 0 Å². The van der Waals surface area contributed by atoms with Gasteiger partial charge in [-0.1, -0.05) is 26.2 Å². The van der Waals surface area contributed by atoms with Gasteiger partial charge in [0.2, 0.25) is 0 Å². The first kappa shape index (κ1) is 14.5. The van der Waals surface area contributed by atoms with E-state index in [0.717, 1.165) is 25.7 Å². The Balaban J connectivity index is 2.67. The molecule has 1 atom stereocenters. The van der Waals surface area contributed by atoms with E-state index in [9.17, 15) is 4.79 Å². The van der Waals surface area contributed by atoms with E-state index in [1.54, 1.807) is 0 Å². The van der Waals surface area contributed by atoms with Crippen LogP contribution in [0.5, 0.6) is 0 Å². The molecule has 0 radical (unpaired) electrons. The minimum Gasteiger partial charge on any atom is -0.481 e. The number of carboxylic acids is 1. The molecule has 0 spiro atoms. The van der Waals surface area contributed by atoms with Gasteiger partial charge in [-0.05, 0) is 38.5 Å². The Morgan fingerprint density at radius 2 is 2.06 bits per heavy atom. The molecule has 1 rings (SSSR count). The molecule has 1 heterocycles. The highest BCUT2D eigenvalue weighted by Crippen LogP contribution is 2.45. The molecule has 1 aliphatic heterocycles. The quantitative estimate of drug-likeness (QED) is 0.724. The number of carbonyl (C=O) groups is 1. The fraction of sp³-hybridized carbons (Fsp3) is 0.929. The van der Waals surface area contributed by atoms with E-state index in [0.29, 0.717) is 13.0 Å². The van der Waals surface area contributed by atoms with Gasteiger partial charge in [0.25, 0.3) is 0 Å². The molecule has 0 aromatic carbocycles. The van der Waals surface area contributed by atoms with Gasteiger partial charge in [-0.2, -0.15) is 0 Å². The molecular weight excluding hydrogens is 216 g/mol. The molecule has 1 N–H and O–H groups in total. The highest BCUT2D eigenvalue weighted by molar-refractivity contribution is 5.67. The number of unbranched alkanes of at least 4 members (excludes halogenated alkanes) is 2. The summed E-state index contributed by atoms with van der Waals surface area (Å²) in [6.45, 7) is 7.02. The molecule has 0 bridgehead atoms. The lowest BCUT2D eigenvalue weighted by atomic mass is 9.69. The monoisotopic (exact) mass is 242 g/mol. The molecule has 1 fully saturated rings. The predicted octanol–water partition coefficient (Wildman–Crippen LogP) is 3.62. The number of carboxylic acid groups (broad SMARTS) is 1. The van der Waals surface area contributed by atoms with Crippen molar-refractivity contribution in [1.29, 1.82) is 0 Å². The molecule has 3 nitrogen and oxygen atoms in total. The summed E-state index contributed by atoms with van der Waals surface area (Å²) < 4.78 is 5.72. The minimum absolute atomic E-state index is 0.0389. The van der Waals surface area contributed by atoms with Crippen molar-refractivity contribution >= 4 is 5.97 Å². The molecule has 1 saturated heterocycles. The second-order valence-electron chi connectivity index (χ2n) is 6.06. The summed E-state index contributed by atoms with van der Waals surface area (Å²) in [5, 5.41) is 9.12.